The Bertz CT molecular complexity index is 1060. The Morgan fingerprint density at radius 2 is 1.72 bits per heavy atom. The van der Waals surface area contributed by atoms with Crippen molar-refractivity contribution < 1.29 is 9.59 Å². The monoisotopic (exact) mass is 405 g/mol. The molecule has 29 heavy (non-hydrogen) atoms. The molecule has 6 heteroatoms. The topological polar surface area (TPSA) is 62.3 Å². The predicted molar refractivity (Wildman–Crippen MR) is 116 cm³/mol. The number of piperidine rings is 1. The number of nitrogens with one attached hydrogen (secondary N) is 1. The lowest BCUT2D eigenvalue weighted by Crippen LogP contribution is -2.42. The standard InChI is InChI=1S/C23H23N3O2S/c27-21(16-10-12-26(13-11-16)22(28)17-8-9-17)25-23-24-20(14-29-23)19-7-3-5-15-4-1-2-6-18(15)19/h1-7,14,16-17H,8-13H2,(H,24,25,27). The molecule has 0 unspecified atom stereocenters. The van der Waals surface area contributed by atoms with Crippen molar-refractivity contribution in [3.05, 3.63) is 47.8 Å². The summed E-state index contributed by atoms with van der Waals surface area (Å²) in [5, 5.41) is 7.96. The van der Waals surface area contributed by atoms with Gasteiger partial charge in [-0.1, -0.05) is 42.5 Å². The van der Waals surface area contributed by atoms with Gasteiger partial charge in [-0.25, -0.2) is 4.98 Å². The smallest absolute Gasteiger partial charge is 0.229 e. The van der Waals surface area contributed by atoms with Gasteiger partial charge in [-0.15, -0.1) is 11.3 Å². The molecule has 1 aromatic heterocycles. The number of rotatable bonds is 4. The third-order valence-corrected chi connectivity index (χ3v) is 6.66. The third kappa shape index (κ3) is 3.77. The van der Waals surface area contributed by atoms with Crippen LogP contribution < -0.4 is 5.32 Å². The van der Waals surface area contributed by atoms with E-state index in [0.29, 0.717) is 18.2 Å². The van der Waals surface area contributed by atoms with E-state index >= 15 is 0 Å². The molecule has 1 saturated heterocycles. The van der Waals surface area contributed by atoms with Crippen molar-refractivity contribution in [3.63, 3.8) is 0 Å². The minimum atomic E-state index is -0.0526. The van der Waals surface area contributed by atoms with Crippen molar-refractivity contribution in [2.24, 2.45) is 11.8 Å². The van der Waals surface area contributed by atoms with Crippen LogP contribution in [0.15, 0.2) is 47.8 Å². The van der Waals surface area contributed by atoms with Crippen LogP contribution in [0.2, 0.25) is 0 Å². The Morgan fingerprint density at radius 3 is 2.52 bits per heavy atom. The molecule has 2 heterocycles. The van der Waals surface area contributed by atoms with Crippen molar-refractivity contribution in [1.82, 2.24) is 9.88 Å². The maximum atomic E-state index is 12.7. The quantitative estimate of drug-likeness (QED) is 0.693. The number of likely N-dealkylation sites (tertiary alicyclic amines) is 1. The van der Waals surface area contributed by atoms with Crippen LogP contribution in [0.3, 0.4) is 0 Å². The second-order valence-electron chi connectivity index (χ2n) is 7.93. The summed E-state index contributed by atoms with van der Waals surface area (Å²) in [5.41, 5.74) is 1.96. The largest absolute Gasteiger partial charge is 0.342 e. The van der Waals surface area contributed by atoms with Crippen LogP contribution >= 0.6 is 11.3 Å². The highest BCUT2D eigenvalue weighted by Gasteiger charge is 2.36. The summed E-state index contributed by atoms with van der Waals surface area (Å²) in [6, 6.07) is 14.4. The lowest BCUT2D eigenvalue weighted by Gasteiger charge is -2.31. The fourth-order valence-electron chi connectivity index (χ4n) is 4.06. The Labute approximate surface area is 173 Å². The number of fused-ring (bicyclic) bond motifs is 1. The molecular formula is C23H23N3O2S. The Balaban J connectivity index is 1.24. The second kappa shape index (κ2) is 7.59. The first kappa shape index (κ1) is 18.3. The number of thiazole rings is 1. The summed E-state index contributed by atoms with van der Waals surface area (Å²) in [6.45, 7) is 1.37. The molecule has 5 nitrogen and oxygen atoms in total. The van der Waals surface area contributed by atoms with Gasteiger partial charge in [0.2, 0.25) is 11.8 Å². The predicted octanol–water partition coefficient (Wildman–Crippen LogP) is 4.55. The average Bonchev–Trinajstić information content (AvgIpc) is 3.52. The minimum Gasteiger partial charge on any atom is -0.342 e. The van der Waals surface area contributed by atoms with E-state index in [9.17, 15) is 9.59 Å². The van der Waals surface area contributed by atoms with E-state index in [4.69, 9.17) is 0 Å². The van der Waals surface area contributed by atoms with E-state index in [1.807, 2.05) is 28.5 Å². The Hall–Kier alpha value is -2.73. The number of amides is 2. The number of anilines is 1. The number of aromatic nitrogens is 1. The second-order valence-corrected chi connectivity index (χ2v) is 8.79. The van der Waals surface area contributed by atoms with E-state index in [1.165, 1.54) is 16.7 Å². The molecule has 2 amide bonds. The molecule has 2 aliphatic rings. The summed E-state index contributed by atoms with van der Waals surface area (Å²) >= 11 is 1.46. The van der Waals surface area contributed by atoms with Crippen LogP contribution in [0.25, 0.3) is 22.0 Å². The molecule has 0 bridgehead atoms. The van der Waals surface area contributed by atoms with Gasteiger partial charge in [0.15, 0.2) is 5.13 Å². The molecule has 148 valence electrons. The minimum absolute atomic E-state index is 0.0161. The molecular weight excluding hydrogens is 382 g/mol. The van der Waals surface area contributed by atoms with Crippen LogP contribution in [0.1, 0.15) is 25.7 Å². The Kier molecular flexibility index (Phi) is 4.79. The van der Waals surface area contributed by atoms with Gasteiger partial charge in [-0.05, 0) is 36.5 Å². The van der Waals surface area contributed by atoms with Crippen molar-refractivity contribution in [1.29, 1.82) is 0 Å². The molecule has 2 aromatic carbocycles. The van der Waals surface area contributed by atoms with E-state index in [0.717, 1.165) is 42.3 Å². The van der Waals surface area contributed by atoms with Crippen molar-refractivity contribution in [2.45, 2.75) is 25.7 Å². The lowest BCUT2D eigenvalue weighted by molar-refractivity contribution is -0.135. The molecule has 1 aliphatic heterocycles. The van der Waals surface area contributed by atoms with Gasteiger partial charge in [0.1, 0.15) is 0 Å². The van der Waals surface area contributed by atoms with Crippen molar-refractivity contribution >= 4 is 39.1 Å². The molecule has 5 rings (SSSR count). The van der Waals surface area contributed by atoms with E-state index in [2.05, 4.69) is 34.6 Å². The molecule has 0 radical (unpaired) electrons. The van der Waals surface area contributed by atoms with Gasteiger partial charge < -0.3 is 10.2 Å². The van der Waals surface area contributed by atoms with Crippen LogP contribution in [0.4, 0.5) is 5.13 Å². The summed E-state index contributed by atoms with van der Waals surface area (Å²) in [6.07, 6.45) is 3.52. The SMILES string of the molecule is O=C(Nc1nc(-c2cccc3ccccc23)cs1)C1CCN(C(=O)C2CC2)CC1. The first-order chi connectivity index (χ1) is 14.2. The molecule has 3 aromatic rings. The van der Waals surface area contributed by atoms with E-state index in [-0.39, 0.29) is 23.7 Å². The Morgan fingerprint density at radius 1 is 0.966 bits per heavy atom. The number of carbonyl (C=O) groups is 2. The molecule has 0 atom stereocenters. The maximum absolute atomic E-state index is 12.7. The van der Waals surface area contributed by atoms with Crippen molar-refractivity contribution in [3.8, 4) is 11.3 Å². The first-order valence-corrected chi connectivity index (χ1v) is 11.1. The molecule has 1 saturated carbocycles. The van der Waals surface area contributed by atoms with E-state index < -0.39 is 0 Å². The summed E-state index contributed by atoms with van der Waals surface area (Å²) in [4.78, 5) is 31.5. The molecule has 1 aliphatic carbocycles. The molecule has 0 spiro atoms. The van der Waals surface area contributed by atoms with Crippen LogP contribution in [-0.4, -0.2) is 34.8 Å². The van der Waals surface area contributed by atoms with Gasteiger partial charge in [-0.3, -0.25) is 9.59 Å². The highest BCUT2D eigenvalue weighted by Crippen LogP contribution is 2.33. The highest BCUT2D eigenvalue weighted by molar-refractivity contribution is 7.14. The zero-order chi connectivity index (χ0) is 19.8. The zero-order valence-electron chi connectivity index (χ0n) is 16.1. The summed E-state index contributed by atoms with van der Waals surface area (Å²) in [7, 11) is 0. The normalized spacial score (nSPS) is 17.4. The summed E-state index contributed by atoms with van der Waals surface area (Å²) < 4.78 is 0. The molecule has 1 N–H and O–H groups in total. The fourth-order valence-corrected chi connectivity index (χ4v) is 4.78. The number of benzene rings is 2. The number of hydrogen-bond donors (Lipinski definition) is 1. The molecule has 2 fully saturated rings. The number of nitrogens with zero attached hydrogens (tertiary/aromatic N) is 2. The summed E-state index contributed by atoms with van der Waals surface area (Å²) in [5.74, 6) is 0.497. The highest BCUT2D eigenvalue weighted by atomic mass is 32.1. The van der Waals surface area contributed by atoms with Crippen molar-refractivity contribution in [2.75, 3.05) is 18.4 Å². The van der Waals surface area contributed by atoms with Gasteiger partial charge in [0.25, 0.3) is 0 Å². The van der Waals surface area contributed by atoms with Gasteiger partial charge in [0.05, 0.1) is 5.69 Å². The third-order valence-electron chi connectivity index (χ3n) is 5.90. The number of hydrogen-bond acceptors (Lipinski definition) is 4. The maximum Gasteiger partial charge on any atom is 0.229 e. The van der Waals surface area contributed by atoms with Gasteiger partial charge >= 0.3 is 0 Å². The van der Waals surface area contributed by atoms with Gasteiger partial charge in [0, 0.05) is 35.9 Å². The van der Waals surface area contributed by atoms with Crippen LogP contribution in [0, 0.1) is 11.8 Å². The zero-order valence-corrected chi connectivity index (χ0v) is 17.0. The van der Waals surface area contributed by atoms with E-state index in [1.54, 1.807) is 0 Å². The average molecular weight is 406 g/mol. The van der Waals surface area contributed by atoms with Crippen LogP contribution in [0.5, 0.6) is 0 Å². The fraction of sp³-hybridized carbons (Fsp3) is 0.348. The van der Waals surface area contributed by atoms with Gasteiger partial charge in [-0.2, -0.15) is 0 Å². The lowest BCUT2D eigenvalue weighted by atomic mass is 9.95. The first-order valence-electron chi connectivity index (χ1n) is 10.2. The number of carbonyl (C=O) groups excluding carboxylic acids is 2. The van der Waals surface area contributed by atoms with Crippen LogP contribution in [-0.2, 0) is 9.59 Å².